The molecule has 2 heteroatoms. The molecule has 0 spiro atoms. The Hall–Kier alpha value is 0.203. The summed E-state index contributed by atoms with van der Waals surface area (Å²) in [5.41, 5.74) is 0. The van der Waals surface area contributed by atoms with Crippen LogP contribution < -0.4 is 5.19 Å². The summed E-state index contributed by atoms with van der Waals surface area (Å²) < 4.78 is 0. The number of hydrogen-bond donors (Lipinski definition) is 0. The highest BCUT2D eigenvalue weighted by molar-refractivity contribution is 6.70. The van der Waals surface area contributed by atoms with Crippen LogP contribution >= 0.6 is 0 Å². The van der Waals surface area contributed by atoms with Gasteiger partial charge in [0.05, 0.1) is 8.80 Å². The summed E-state index contributed by atoms with van der Waals surface area (Å²) in [5.74, 6) is 0. The lowest BCUT2D eigenvalue weighted by molar-refractivity contribution is 1.74. The molecule has 1 aromatic rings. The van der Waals surface area contributed by atoms with E-state index in [1.54, 1.807) is 0 Å². The molecule has 3 radical (unpaired) electrons. The van der Waals surface area contributed by atoms with Crippen LogP contribution in [0.3, 0.4) is 0 Å². The van der Waals surface area contributed by atoms with Crippen molar-refractivity contribution in [3.8, 4) is 0 Å². The van der Waals surface area contributed by atoms with Gasteiger partial charge >= 0.3 is 0 Å². The van der Waals surface area contributed by atoms with Crippen molar-refractivity contribution in [1.29, 1.82) is 0 Å². The van der Waals surface area contributed by atoms with Crippen LogP contribution in [0.1, 0.15) is 1.43 Å². The Balaban J connectivity index is 0. The Morgan fingerprint density at radius 1 is 1.10 bits per heavy atom. The monoisotopic (exact) mass is 161 g/mol. The van der Waals surface area contributed by atoms with Crippen molar-refractivity contribution in [1.82, 2.24) is 0 Å². The summed E-state index contributed by atoms with van der Waals surface area (Å²) in [6.07, 6.45) is 0. The van der Waals surface area contributed by atoms with E-state index >= 15 is 0 Å². The summed E-state index contributed by atoms with van der Waals surface area (Å²) in [6.45, 7) is 4.61. The van der Waals surface area contributed by atoms with E-state index in [0.29, 0.717) is 0 Å². The highest BCUT2D eigenvalue weighted by Gasteiger charge is 1.95. The van der Waals surface area contributed by atoms with Crippen LogP contribution in [0, 0.1) is 0 Å². The molecule has 0 heterocycles. The van der Waals surface area contributed by atoms with Gasteiger partial charge in [-0.05, 0) is 0 Å². The summed E-state index contributed by atoms with van der Waals surface area (Å²) in [7, 11) is -0.212. The number of hydrogen-bond acceptors (Lipinski definition) is 0. The molecule has 0 aliphatic carbocycles. The van der Waals surface area contributed by atoms with Gasteiger partial charge in [0.2, 0.25) is 0 Å². The van der Waals surface area contributed by atoms with Crippen LogP contribution in [0.25, 0.3) is 0 Å². The molecule has 0 saturated heterocycles. The van der Waals surface area contributed by atoms with Gasteiger partial charge in [-0.15, -0.1) is 0 Å². The molecule has 0 aliphatic heterocycles. The summed E-state index contributed by atoms with van der Waals surface area (Å²) in [4.78, 5) is 0. The fraction of sp³-hybridized carbons (Fsp3) is 0.250. The molecule has 0 aliphatic rings. The van der Waals surface area contributed by atoms with E-state index in [4.69, 9.17) is 0 Å². The predicted octanol–water partition coefficient (Wildman–Crippen LogP) is 1.51. The highest BCUT2D eigenvalue weighted by atomic mass is 28.3. The summed E-state index contributed by atoms with van der Waals surface area (Å²) in [5, 5.41) is 1.52. The molecular formula is C8H13MgSi. The Morgan fingerprint density at radius 3 is 1.90 bits per heavy atom. The Labute approximate surface area is 81.9 Å². The molecule has 0 nitrogen and oxygen atoms in total. The van der Waals surface area contributed by atoms with Crippen molar-refractivity contribution >= 4 is 37.0 Å². The normalized spacial score (nSPS) is 9.10. The van der Waals surface area contributed by atoms with Crippen molar-refractivity contribution in [2.75, 3.05) is 0 Å². The quantitative estimate of drug-likeness (QED) is 0.548. The largest absolute Gasteiger partial charge is 0.0791 e. The van der Waals surface area contributed by atoms with Crippen molar-refractivity contribution in [2.24, 2.45) is 0 Å². The summed E-state index contributed by atoms with van der Waals surface area (Å²) >= 11 is 0. The minimum Gasteiger partial charge on any atom is -0.0671 e. The van der Waals surface area contributed by atoms with Gasteiger partial charge in [-0.3, -0.25) is 0 Å². The van der Waals surface area contributed by atoms with E-state index < -0.39 is 0 Å². The molecule has 0 N–H and O–H groups in total. The van der Waals surface area contributed by atoms with Crippen LogP contribution in [0.4, 0.5) is 0 Å². The molecule has 0 amide bonds. The molecule has 0 atom stereocenters. The van der Waals surface area contributed by atoms with E-state index in [0.717, 1.165) is 0 Å². The molecule has 51 valence electrons. The second-order valence-electron chi connectivity index (χ2n) is 2.37. The van der Waals surface area contributed by atoms with Crippen LogP contribution in [0.2, 0.25) is 13.1 Å². The maximum absolute atomic E-state index is 2.31. The molecule has 0 fully saturated rings. The zero-order valence-electron chi connectivity index (χ0n) is 6.59. The van der Waals surface area contributed by atoms with Crippen molar-refractivity contribution in [3.63, 3.8) is 0 Å². The van der Waals surface area contributed by atoms with Crippen LogP contribution in [-0.4, -0.2) is 31.8 Å². The third-order valence-electron chi connectivity index (χ3n) is 1.35. The van der Waals surface area contributed by atoms with E-state index in [2.05, 4.69) is 43.4 Å². The standard InChI is InChI=1S/C8H11Si.Mg.H2/c1-9(2)8-6-4-3-5-7-8;;/h3-7H,1-2H3;;1H. The zero-order valence-corrected chi connectivity index (χ0v) is 9.01. The van der Waals surface area contributed by atoms with Gasteiger partial charge in [0.1, 0.15) is 0 Å². The molecule has 0 unspecified atom stereocenters. The van der Waals surface area contributed by atoms with Gasteiger partial charge in [0.15, 0.2) is 0 Å². The number of benzene rings is 1. The average Bonchev–Trinajstić information content (AvgIpc) is 1.90. The highest BCUT2D eigenvalue weighted by Crippen LogP contribution is 1.85. The topological polar surface area (TPSA) is 0 Å². The Bertz CT molecular complexity index is 177. The van der Waals surface area contributed by atoms with E-state index in [9.17, 15) is 0 Å². The van der Waals surface area contributed by atoms with E-state index in [1.807, 2.05) is 0 Å². The molecule has 0 aromatic heterocycles. The lowest BCUT2D eigenvalue weighted by Gasteiger charge is -1.99. The molecule has 0 saturated carbocycles. The third kappa shape index (κ3) is 2.86. The smallest absolute Gasteiger partial charge is 0.0671 e. The molecule has 1 aromatic carbocycles. The Kier molecular flexibility index (Phi) is 5.03. The van der Waals surface area contributed by atoms with Crippen LogP contribution in [0.15, 0.2) is 30.3 Å². The second-order valence-corrected chi connectivity index (χ2v) is 4.94. The van der Waals surface area contributed by atoms with E-state index in [1.165, 1.54) is 5.19 Å². The van der Waals surface area contributed by atoms with Gasteiger partial charge < -0.3 is 0 Å². The molecular weight excluding hydrogens is 148 g/mol. The summed E-state index contributed by atoms with van der Waals surface area (Å²) in [6, 6.07) is 10.7. The van der Waals surface area contributed by atoms with Crippen molar-refractivity contribution in [3.05, 3.63) is 30.3 Å². The first-order valence-electron chi connectivity index (χ1n) is 3.16. The van der Waals surface area contributed by atoms with Gasteiger partial charge in [-0.2, -0.15) is 0 Å². The van der Waals surface area contributed by atoms with Gasteiger partial charge in [0.25, 0.3) is 0 Å². The second kappa shape index (κ2) is 4.93. The maximum atomic E-state index is 2.31. The van der Waals surface area contributed by atoms with Crippen LogP contribution in [-0.2, 0) is 0 Å². The van der Waals surface area contributed by atoms with Gasteiger partial charge in [-0.1, -0.05) is 48.6 Å². The number of rotatable bonds is 1. The molecule has 10 heavy (non-hydrogen) atoms. The van der Waals surface area contributed by atoms with Gasteiger partial charge in [0, 0.05) is 24.5 Å². The third-order valence-corrected chi connectivity index (χ3v) is 2.84. The lowest BCUT2D eigenvalue weighted by atomic mass is 10.4. The fourth-order valence-corrected chi connectivity index (χ4v) is 1.63. The first-order valence-corrected chi connectivity index (χ1v) is 5.66. The SMILES string of the molecule is C[Si](C)c1ccccc1.[HH].[Mg]. The lowest BCUT2D eigenvalue weighted by Crippen LogP contribution is -2.21. The first-order chi connectivity index (χ1) is 4.30. The minimum absolute atomic E-state index is 0. The minimum atomic E-state index is -0.212. The average molecular weight is 162 g/mol. The first kappa shape index (κ1) is 10.2. The fourth-order valence-electron chi connectivity index (χ4n) is 0.771. The maximum Gasteiger partial charge on any atom is 0.0791 e. The van der Waals surface area contributed by atoms with Crippen molar-refractivity contribution in [2.45, 2.75) is 13.1 Å². The molecule has 1 rings (SSSR count). The zero-order chi connectivity index (χ0) is 6.69. The van der Waals surface area contributed by atoms with E-state index in [-0.39, 0.29) is 33.3 Å². The van der Waals surface area contributed by atoms with Gasteiger partial charge in [-0.25, -0.2) is 0 Å². The van der Waals surface area contributed by atoms with Crippen molar-refractivity contribution < 1.29 is 1.43 Å². The van der Waals surface area contributed by atoms with Crippen LogP contribution in [0.5, 0.6) is 0 Å². The predicted molar refractivity (Wildman–Crippen MR) is 51.4 cm³/mol. The Morgan fingerprint density at radius 2 is 1.60 bits per heavy atom. The molecule has 0 bridgehead atoms.